The lowest BCUT2D eigenvalue weighted by Crippen LogP contribution is -2.41. The SMILES string of the molecule is CCCCCC(=O)C1(OC)C(C)=CC=C1C. The quantitative estimate of drug-likeness (QED) is 0.644. The lowest BCUT2D eigenvalue weighted by molar-refractivity contribution is -0.133. The molecule has 1 rings (SSSR count). The highest BCUT2D eigenvalue weighted by molar-refractivity contribution is 5.95. The molecule has 0 fully saturated rings. The van der Waals surface area contributed by atoms with Gasteiger partial charge in [0.1, 0.15) is 0 Å². The summed E-state index contributed by atoms with van der Waals surface area (Å²) >= 11 is 0. The van der Waals surface area contributed by atoms with Gasteiger partial charge in [0.05, 0.1) is 0 Å². The van der Waals surface area contributed by atoms with Gasteiger partial charge in [-0.15, -0.1) is 0 Å². The minimum Gasteiger partial charge on any atom is -0.362 e. The van der Waals surface area contributed by atoms with Crippen LogP contribution < -0.4 is 0 Å². The number of unbranched alkanes of at least 4 members (excludes halogenated alkanes) is 2. The van der Waals surface area contributed by atoms with E-state index in [9.17, 15) is 4.79 Å². The third-order valence-electron chi connectivity index (χ3n) is 3.40. The number of methoxy groups -OCH3 is 1. The summed E-state index contributed by atoms with van der Waals surface area (Å²) in [5.41, 5.74) is 1.26. The molecule has 0 atom stereocenters. The maximum Gasteiger partial charge on any atom is 0.173 e. The predicted molar refractivity (Wildman–Crippen MR) is 66.4 cm³/mol. The van der Waals surface area contributed by atoms with Crippen molar-refractivity contribution in [3.8, 4) is 0 Å². The van der Waals surface area contributed by atoms with Crippen LogP contribution in [-0.2, 0) is 9.53 Å². The third kappa shape index (κ3) is 2.12. The molecule has 16 heavy (non-hydrogen) atoms. The number of allylic oxidation sites excluding steroid dienone is 2. The molecule has 0 bridgehead atoms. The molecule has 0 heterocycles. The highest BCUT2D eigenvalue weighted by Crippen LogP contribution is 2.36. The largest absolute Gasteiger partial charge is 0.362 e. The van der Waals surface area contributed by atoms with Crippen LogP contribution in [0.3, 0.4) is 0 Å². The average molecular weight is 222 g/mol. The van der Waals surface area contributed by atoms with E-state index in [1.165, 1.54) is 0 Å². The van der Waals surface area contributed by atoms with Gasteiger partial charge >= 0.3 is 0 Å². The van der Waals surface area contributed by atoms with Gasteiger partial charge in [-0.1, -0.05) is 31.9 Å². The summed E-state index contributed by atoms with van der Waals surface area (Å²) in [6.07, 6.45) is 7.78. The molecule has 0 saturated heterocycles. The summed E-state index contributed by atoms with van der Waals surface area (Å²) in [5, 5.41) is 0. The Hall–Kier alpha value is -0.890. The maximum absolute atomic E-state index is 12.3. The standard InChI is InChI=1S/C14H22O2/c1-5-6-7-8-13(15)14(16-4)11(2)9-10-12(14)3/h9-10H,5-8H2,1-4H3. The van der Waals surface area contributed by atoms with E-state index in [1.807, 2.05) is 26.0 Å². The second-order valence-corrected chi connectivity index (χ2v) is 4.46. The zero-order valence-electron chi connectivity index (χ0n) is 10.8. The van der Waals surface area contributed by atoms with E-state index >= 15 is 0 Å². The van der Waals surface area contributed by atoms with E-state index in [0.717, 1.165) is 30.4 Å². The number of ether oxygens (including phenoxy) is 1. The van der Waals surface area contributed by atoms with Gasteiger partial charge < -0.3 is 4.74 Å². The third-order valence-corrected chi connectivity index (χ3v) is 3.40. The lowest BCUT2D eigenvalue weighted by Gasteiger charge is -2.30. The Kier molecular flexibility index (Phi) is 4.48. The molecule has 0 aromatic carbocycles. The number of hydrogen-bond acceptors (Lipinski definition) is 2. The van der Waals surface area contributed by atoms with Gasteiger partial charge in [-0.3, -0.25) is 4.79 Å². The first-order valence-electron chi connectivity index (χ1n) is 6.04. The second kappa shape index (κ2) is 5.44. The van der Waals surface area contributed by atoms with Crippen LogP contribution in [0.15, 0.2) is 23.3 Å². The topological polar surface area (TPSA) is 26.3 Å². The van der Waals surface area contributed by atoms with E-state index in [0.29, 0.717) is 6.42 Å². The molecule has 0 aromatic heterocycles. The highest BCUT2D eigenvalue weighted by Gasteiger charge is 2.42. The summed E-state index contributed by atoms with van der Waals surface area (Å²) in [5.74, 6) is 0.198. The van der Waals surface area contributed by atoms with Gasteiger partial charge in [0.25, 0.3) is 0 Å². The average Bonchev–Trinajstić information content (AvgIpc) is 2.56. The van der Waals surface area contributed by atoms with E-state index < -0.39 is 5.60 Å². The Balaban J connectivity index is 2.77. The van der Waals surface area contributed by atoms with E-state index in [1.54, 1.807) is 7.11 Å². The zero-order chi connectivity index (χ0) is 12.2. The van der Waals surface area contributed by atoms with Gasteiger partial charge in [0.15, 0.2) is 11.4 Å². The summed E-state index contributed by atoms with van der Waals surface area (Å²) in [6.45, 7) is 6.07. The van der Waals surface area contributed by atoms with Crippen LogP contribution >= 0.6 is 0 Å². The fourth-order valence-corrected chi connectivity index (χ4v) is 2.38. The van der Waals surface area contributed by atoms with Gasteiger partial charge in [-0.05, 0) is 31.4 Å². The minimum absolute atomic E-state index is 0.198. The highest BCUT2D eigenvalue weighted by atomic mass is 16.5. The second-order valence-electron chi connectivity index (χ2n) is 4.46. The fraction of sp³-hybridized carbons (Fsp3) is 0.643. The number of carbonyl (C=O) groups is 1. The first kappa shape index (κ1) is 13.2. The van der Waals surface area contributed by atoms with Crippen LogP contribution in [-0.4, -0.2) is 18.5 Å². The van der Waals surface area contributed by atoms with Crippen molar-refractivity contribution in [3.63, 3.8) is 0 Å². The lowest BCUT2D eigenvalue weighted by atomic mass is 9.84. The molecule has 0 unspecified atom stereocenters. The molecule has 0 aromatic rings. The van der Waals surface area contributed by atoms with E-state index in [-0.39, 0.29) is 5.78 Å². The smallest absolute Gasteiger partial charge is 0.173 e. The zero-order valence-corrected chi connectivity index (χ0v) is 10.8. The summed E-state index contributed by atoms with van der Waals surface area (Å²) in [4.78, 5) is 12.3. The van der Waals surface area contributed by atoms with Crippen LogP contribution in [0.2, 0.25) is 0 Å². The first-order chi connectivity index (χ1) is 7.59. The monoisotopic (exact) mass is 222 g/mol. The molecular formula is C14H22O2. The van der Waals surface area contributed by atoms with Crippen molar-refractivity contribution in [3.05, 3.63) is 23.3 Å². The van der Waals surface area contributed by atoms with Crippen molar-refractivity contribution < 1.29 is 9.53 Å². The van der Waals surface area contributed by atoms with Crippen molar-refractivity contribution >= 4 is 5.78 Å². The molecule has 0 N–H and O–H groups in total. The van der Waals surface area contributed by atoms with Gasteiger partial charge in [0.2, 0.25) is 0 Å². The molecule has 1 aliphatic carbocycles. The number of ketones is 1. The number of hydrogen-bond donors (Lipinski definition) is 0. The molecule has 90 valence electrons. The molecule has 0 saturated carbocycles. The predicted octanol–water partition coefficient (Wildman–Crippen LogP) is 3.43. The van der Waals surface area contributed by atoms with Crippen molar-refractivity contribution in [2.45, 2.75) is 52.1 Å². The summed E-state index contributed by atoms with van der Waals surface area (Å²) < 4.78 is 5.53. The first-order valence-corrected chi connectivity index (χ1v) is 6.04. The van der Waals surface area contributed by atoms with Crippen molar-refractivity contribution in [1.29, 1.82) is 0 Å². The van der Waals surface area contributed by atoms with Crippen LogP contribution in [0.1, 0.15) is 46.5 Å². The molecule has 0 radical (unpaired) electrons. The Morgan fingerprint density at radius 3 is 2.25 bits per heavy atom. The molecular weight excluding hydrogens is 200 g/mol. The number of rotatable bonds is 6. The minimum atomic E-state index is -0.756. The normalized spacial score (nSPS) is 18.2. The molecule has 1 aliphatic rings. The van der Waals surface area contributed by atoms with Crippen molar-refractivity contribution in [2.24, 2.45) is 0 Å². The van der Waals surface area contributed by atoms with Crippen molar-refractivity contribution in [1.82, 2.24) is 0 Å². The summed E-state index contributed by atoms with van der Waals surface area (Å²) in [7, 11) is 1.62. The maximum atomic E-state index is 12.3. The Bertz CT molecular complexity index is 306. The Morgan fingerprint density at radius 1 is 1.25 bits per heavy atom. The molecule has 2 heteroatoms. The van der Waals surface area contributed by atoms with E-state index in [2.05, 4.69) is 6.92 Å². The molecule has 2 nitrogen and oxygen atoms in total. The molecule has 0 spiro atoms. The van der Waals surface area contributed by atoms with Crippen LogP contribution in [0.25, 0.3) is 0 Å². The Morgan fingerprint density at radius 2 is 1.81 bits per heavy atom. The fourth-order valence-electron chi connectivity index (χ4n) is 2.38. The van der Waals surface area contributed by atoms with Gasteiger partial charge in [0, 0.05) is 13.5 Å². The Labute approximate surface area is 98.4 Å². The van der Waals surface area contributed by atoms with E-state index in [4.69, 9.17) is 4.74 Å². The molecule has 0 amide bonds. The number of Topliss-reactive ketones (excluding diaryl/α,β-unsaturated/α-hetero) is 1. The van der Waals surface area contributed by atoms with Crippen LogP contribution in [0, 0.1) is 0 Å². The molecule has 0 aliphatic heterocycles. The summed E-state index contributed by atoms with van der Waals surface area (Å²) in [6, 6.07) is 0. The van der Waals surface area contributed by atoms with Crippen molar-refractivity contribution in [2.75, 3.05) is 7.11 Å². The van der Waals surface area contributed by atoms with Crippen LogP contribution in [0.5, 0.6) is 0 Å². The number of carbonyl (C=O) groups excluding carboxylic acids is 1. The van der Waals surface area contributed by atoms with Gasteiger partial charge in [-0.2, -0.15) is 0 Å². The van der Waals surface area contributed by atoms with Gasteiger partial charge in [-0.25, -0.2) is 0 Å². The van der Waals surface area contributed by atoms with Crippen LogP contribution in [0.4, 0.5) is 0 Å².